The minimum atomic E-state index is -1.21. The molecular formula is C11H16N2O2S. The van der Waals surface area contributed by atoms with Crippen LogP contribution < -0.4 is 11.1 Å². The van der Waals surface area contributed by atoms with Gasteiger partial charge in [-0.25, -0.2) is 0 Å². The van der Waals surface area contributed by atoms with Crippen molar-refractivity contribution in [2.24, 2.45) is 0 Å². The molecule has 0 radical (unpaired) electrons. The largest absolute Gasteiger partial charge is 0.398 e. The quantitative estimate of drug-likeness (QED) is 0.765. The Morgan fingerprint density at radius 2 is 2.19 bits per heavy atom. The molecule has 1 rings (SSSR count). The van der Waals surface area contributed by atoms with Crippen LogP contribution in [0.3, 0.4) is 0 Å². The summed E-state index contributed by atoms with van der Waals surface area (Å²) in [6.07, 6.45) is 0.247. The van der Waals surface area contributed by atoms with Crippen molar-refractivity contribution in [3.05, 3.63) is 23.8 Å². The molecule has 0 heterocycles. The number of carbonyl (C=O) groups is 1. The number of nitrogen functional groups attached to an aromatic ring is 1. The number of carbonyl (C=O) groups excluding carboxylic acids is 1. The molecule has 0 saturated heterocycles. The van der Waals surface area contributed by atoms with E-state index >= 15 is 0 Å². The fourth-order valence-corrected chi connectivity index (χ4v) is 2.50. The number of aryl methyl sites for hydroxylation is 1. The lowest BCUT2D eigenvalue weighted by Gasteiger charge is -2.06. The van der Waals surface area contributed by atoms with Gasteiger partial charge in [-0.05, 0) is 24.6 Å². The van der Waals surface area contributed by atoms with Crippen molar-refractivity contribution in [2.75, 3.05) is 18.5 Å². The lowest BCUT2D eigenvalue weighted by Crippen LogP contribution is -2.20. The van der Waals surface area contributed by atoms with Crippen LogP contribution in [0.25, 0.3) is 0 Å². The molecule has 0 aliphatic heterocycles. The van der Waals surface area contributed by atoms with Crippen LogP contribution in [-0.2, 0) is 15.6 Å². The first-order chi connectivity index (χ1) is 7.54. The van der Waals surface area contributed by atoms with Gasteiger partial charge in [0.2, 0.25) is 5.91 Å². The van der Waals surface area contributed by atoms with Crippen LogP contribution >= 0.6 is 0 Å². The summed E-state index contributed by atoms with van der Waals surface area (Å²) >= 11 is 0. The SMILES string of the molecule is CNC(=O)CCS(=O)c1cc(C)ccc1N. The fraction of sp³-hybridized carbons (Fsp3) is 0.364. The normalized spacial score (nSPS) is 12.1. The third-order valence-corrected chi connectivity index (χ3v) is 3.63. The van der Waals surface area contributed by atoms with Gasteiger partial charge in [0.05, 0.1) is 15.7 Å². The van der Waals surface area contributed by atoms with Crippen LogP contribution in [-0.4, -0.2) is 22.9 Å². The standard InChI is InChI=1S/C11H16N2O2S/c1-8-3-4-9(12)10(7-8)16(15)6-5-11(14)13-2/h3-4,7H,5-6,12H2,1-2H3,(H,13,14). The van der Waals surface area contributed by atoms with E-state index in [1.807, 2.05) is 13.0 Å². The number of rotatable bonds is 4. The van der Waals surface area contributed by atoms with Gasteiger partial charge in [0, 0.05) is 24.9 Å². The number of amides is 1. The molecule has 1 aromatic rings. The summed E-state index contributed by atoms with van der Waals surface area (Å²) in [7, 11) is 0.349. The summed E-state index contributed by atoms with van der Waals surface area (Å²) in [5.41, 5.74) is 7.26. The lowest BCUT2D eigenvalue weighted by atomic mass is 10.2. The second kappa shape index (κ2) is 5.65. The topological polar surface area (TPSA) is 72.2 Å². The van der Waals surface area contributed by atoms with Crippen molar-refractivity contribution in [1.29, 1.82) is 0 Å². The molecule has 1 atom stereocenters. The summed E-state index contributed by atoms with van der Waals surface area (Å²) in [6, 6.07) is 5.41. The van der Waals surface area contributed by atoms with E-state index in [9.17, 15) is 9.00 Å². The van der Waals surface area contributed by atoms with E-state index in [1.54, 1.807) is 19.2 Å². The Hall–Kier alpha value is -1.36. The lowest BCUT2D eigenvalue weighted by molar-refractivity contribution is -0.120. The smallest absolute Gasteiger partial charge is 0.220 e. The van der Waals surface area contributed by atoms with Crippen molar-refractivity contribution in [2.45, 2.75) is 18.2 Å². The Morgan fingerprint density at radius 1 is 1.50 bits per heavy atom. The van der Waals surface area contributed by atoms with E-state index in [0.717, 1.165) is 5.56 Å². The minimum absolute atomic E-state index is 0.112. The van der Waals surface area contributed by atoms with Crippen molar-refractivity contribution >= 4 is 22.4 Å². The molecule has 1 aromatic carbocycles. The summed E-state index contributed by atoms with van der Waals surface area (Å²) < 4.78 is 11.9. The molecule has 0 spiro atoms. The molecule has 1 amide bonds. The first kappa shape index (κ1) is 12.7. The zero-order valence-electron chi connectivity index (χ0n) is 9.45. The average Bonchev–Trinajstić information content (AvgIpc) is 2.28. The Morgan fingerprint density at radius 3 is 2.81 bits per heavy atom. The number of hydrogen-bond acceptors (Lipinski definition) is 3. The summed E-state index contributed by atoms with van der Waals surface area (Å²) in [5.74, 6) is 0.187. The van der Waals surface area contributed by atoms with Crippen molar-refractivity contribution < 1.29 is 9.00 Å². The van der Waals surface area contributed by atoms with E-state index in [4.69, 9.17) is 5.73 Å². The highest BCUT2D eigenvalue weighted by Gasteiger charge is 2.10. The molecule has 0 fully saturated rings. The number of hydrogen-bond donors (Lipinski definition) is 2. The number of nitrogens with two attached hydrogens (primary N) is 1. The van der Waals surface area contributed by atoms with Gasteiger partial charge in [0.25, 0.3) is 0 Å². The molecule has 88 valence electrons. The highest BCUT2D eigenvalue weighted by Crippen LogP contribution is 2.18. The predicted molar refractivity (Wildman–Crippen MR) is 65.6 cm³/mol. The molecule has 0 aliphatic carbocycles. The monoisotopic (exact) mass is 240 g/mol. The molecule has 4 nitrogen and oxygen atoms in total. The van der Waals surface area contributed by atoms with Crippen LogP contribution in [0.1, 0.15) is 12.0 Å². The average molecular weight is 240 g/mol. The zero-order valence-corrected chi connectivity index (χ0v) is 10.3. The van der Waals surface area contributed by atoms with E-state index < -0.39 is 10.8 Å². The van der Waals surface area contributed by atoms with Gasteiger partial charge < -0.3 is 11.1 Å². The third-order valence-electron chi connectivity index (χ3n) is 2.21. The van der Waals surface area contributed by atoms with E-state index in [2.05, 4.69) is 5.32 Å². The molecule has 16 heavy (non-hydrogen) atoms. The van der Waals surface area contributed by atoms with Gasteiger partial charge in [-0.1, -0.05) is 6.07 Å². The number of anilines is 1. The van der Waals surface area contributed by atoms with Gasteiger partial charge in [-0.3, -0.25) is 9.00 Å². The molecule has 0 aliphatic rings. The highest BCUT2D eigenvalue weighted by atomic mass is 32.2. The van der Waals surface area contributed by atoms with Crippen LogP contribution in [0.5, 0.6) is 0 Å². The van der Waals surface area contributed by atoms with Crippen LogP contribution in [0.4, 0.5) is 5.69 Å². The molecule has 5 heteroatoms. The number of benzene rings is 1. The van der Waals surface area contributed by atoms with E-state index in [1.165, 1.54) is 0 Å². The zero-order chi connectivity index (χ0) is 12.1. The summed E-state index contributed by atoms with van der Waals surface area (Å²) in [4.78, 5) is 11.6. The fourth-order valence-electron chi connectivity index (χ4n) is 1.26. The summed E-state index contributed by atoms with van der Waals surface area (Å²) in [6.45, 7) is 1.92. The van der Waals surface area contributed by atoms with Gasteiger partial charge in [-0.15, -0.1) is 0 Å². The van der Waals surface area contributed by atoms with Gasteiger partial charge in [0.15, 0.2) is 0 Å². The molecular weight excluding hydrogens is 224 g/mol. The molecule has 1 unspecified atom stereocenters. The molecule has 0 saturated carbocycles. The Kier molecular flexibility index (Phi) is 4.49. The highest BCUT2D eigenvalue weighted by molar-refractivity contribution is 7.85. The van der Waals surface area contributed by atoms with E-state index in [0.29, 0.717) is 16.3 Å². The maximum absolute atomic E-state index is 11.9. The predicted octanol–water partition coefficient (Wildman–Crippen LogP) is 0.821. The van der Waals surface area contributed by atoms with Gasteiger partial charge in [-0.2, -0.15) is 0 Å². The molecule has 0 bridgehead atoms. The minimum Gasteiger partial charge on any atom is -0.398 e. The van der Waals surface area contributed by atoms with Gasteiger partial charge in [0.1, 0.15) is 0 Å². The second-order valence-corrected chi connectivity index (χ2v) is 5.05. The first-order valence-electron chi connectivity index (χ1n) is 4.99. The Labute approximate surface area is 97.7 Å². The van der Waals surface area contributed by atoms with Gasteiger partial charge >= 0.3 is 0 Å². The molecule has 3 N–H and O–H groups in total. The van der Waals surface area contributed by atoms with Crippen LogP contribution in [0.15, 0.2) is 23.1 Å². The maximum atomic E-state index is 11.9. The Bertz CT molecular complexity index is 418. The van der Waals surface area contributed by atoms with Crippen molar-refractivity contribution in [3.8, 4) is 0 Å². The third kappa shape index (κ3) is 3.34. The summed E-state index contributed by atoms with van der Waals surface area (Å²) in [5, 5.41) is 2.49. The first-order valence-corrected chi connectivity index (χ1v) is 6.31. The maximum Gasteiger partial charge on any atom is 0.220 e. The van der Waals surface area contributed by atoms with Crippen molar-refractivity contribution in [3.63, 3.8) is 0 Å². The number of nitrogens with one attached hydrogen (secondary N) is 1. The Balaban J connectivity index is 2.73. The second-order valence-electron chi connectivity index (χ2n) is 3.51. The molecule has 0 aromatic heterocycles. The van der Waals surface area contributed by atoms with E-state index in [-0.39, 0.29) is 12.3 Å². The van der Waals surface area contributed by atoms with Crippen molar-refractivity contribution in [1.82, 2.24) is 5.32 Å². The van der Waals surface area contributed by atoms with Crippen LogP contribution in [0, 0.1) is 6.92 Å². The van der Waals surface area contributed by atoms with Crippen LogP contribution in [0.2, 0.25) is 0 Å².